The summed E-state index contributed by atoms with van der Waals surface area (Å²) in [5.41, 5.74) is 2.66. The van der Waals surface area contributed by atoms with Crippen LogP contribution in [-0.2, 0) is 6.54 Å². The lowest BCUT2D eigenvalue weighted by Crippen LogP contribution is -1.97. The highest BCUT2D eigenvalue weighted by atomic mass is 32.1. The van der Waals surface area contributed by atoms with Crippen molar-refractivity contribution >= 4 is 23.6 Å². The van der Waals surface area contributed by atoms with E-state index in [-0.39, 0.29) is 0 Å². The maximum Gasteiger partial charge on any atom is 0.195 e. The number of aromatic nitrogens is 4. The number of aromatic amines is 1. The molecule has 2 rings (SSSR count). The van der Waals surface area contributed by atoms with Crippen LogP contribution < -0.4 is 0 Å². The van der Waals surface area contributed by atoms with Gasteiger partial charge >= 0.3 is 0 Å². The molecule has 0 aliphatic heterocycles. The molecule has 13 heavy (non-hydrogen) atoms. The molecule has 0 unspecified atom stereocenters. The van der Waals surface area contributed by atoms with Gasteiger partial charge in [-0.25, -0.2) is 4.98 Å². The summed E-state index contributed by atoms with van der Waals surface area (Å²) >= 11 is 6.62. The Labute approximate surface area is 84.3 Å². The van der Waals surface area contributed by atoms with Gasteiger partial charge in [-0.2, -0.15) is 5.10 Å². The standard InChI is InChI=1S/C7H8N4S2/c1-2-11-6(9-10-7(11)12)5-3-13-4-8-5/h3-4H,2H2,1H3,(H,10,12). The van der Waals surface area contributed by atoms with Crippen LogP contribution in [0.25, 0.3) is 11.5 Å². The smallest absolute Gasteiger partial charge is 0.195 e. The first kappa shape index (κ1) is 8.58. The minimum absolute atomic E-state index is 0.644. The van der Waals surface area contributed by atoms with Gasteiger partial charge in [-0.15, -0.1) is 11.3 Å². The number of rotatable bonds is 2. The van der Waals surface area contributed by atoms with Crippen molar-refractivity contribution in [3.05, 3.63) is 15.7 Å². The highest BCUT2D eigenvalue weighted by Gasteiger charge is 2.08. The predicted octanol–water partition coefficient (Wildman–Crippen LogP) is 2.08. The van der Waals surface area contributed by atoms with Crippen molar-refractivity contribution in [2.24, 2.45) is 0 Å². The third-order valence-electron chi connectivity index (χ3n) is 1.74. The quantitative estimate of drug-likeness (QED) is 0.775. The van der Waals surface area contributed by atoms with Gasteiger partial charge in [0, 0.05) is 11.9 Å². The molecular formula is C7H8N4S2. The molecule has 1 N–H and O–H groups in total. The summed E-state index contributed by atoms with van der Waals surface area (Å²) in [4.78, 5) is 4.18. The summed E-state index contributed by atoms with van der Waals surface area (Å²) in [6.07, 6.45) is 0. The fourth-order valence-corrected chi connectivity index (χ4v) is 1.92. The van der Waals surface area contributed by atoms with Crippen molar-refractivity contribution in [1.82, 2.24) is 19.7 Å². The minimum atomic E-state index is 0.644. The van der Waals surface area contributed by atoms with E-state index < -0.39 is 0 Å². The number of H-pyrrole nitrogens is 1. The van der Waals surface area contributed by atoms with Gasteiger partial charge in [0.25, 0.3) is 0 Å². The van der Waals surface area contributed by atoms with E-state index in [9.17, 15) is 0 Å². The fraction of sp³-hybridized carbons (Fsp3) is 0.286. The van der Waals surface area contributed by atoms with E-state index in [1.165, 1.54) is 0 Å². The molecule has 0 bridgehead atoms. The lowest BCUT2D eigenvalue weighted by atomic mass is 10.4. The summed E-state index contributed by atoms with van der Waals surface area (Å²) < 4.78 is 2.57. The van der Waals surface area contributed by atoms with E-state index in [0.29, 0.717) is 4.77 Å². The van der Waals surface area contributed by atoms with E-state index in [2.05, 4.69) is 15.2 Å². The lowest BCUT2D eigenvalue weighted by Gasteiger charge is -1.98. The molecule has 0 aromatic carbocycles. The zero-order chi connectivity index (χ0) is 9.26. The number of nitrogens with zero attached hydrogens (tertiary/aromatic N) is 3. The normalized spacial score (nSPS) is 10.5. The van der Waals surface area contributed by atoms with Crippen LogP contribution in [0.5, 0.6) is 0 Å². The molecule has 0 radical (unpaired) electrons. The van der Waals surface area contributed by atoms with Gasteiger partial charge in [0.15, 0.2) is 10.6 Å². The molecule has 0 atom stereocenters. The number of hydrogen-bond acceptors (Lipinski definition) is 4. The summed E-state index contributed by atoms with van der Waals surface area (Å²) in [7, 11) is 0. The van der Waals surface area contributed by atoms with Gasteiger partial charge in [-0.05, 0) is 19.1 Å². The van der Waals surface area contributed by atoms with Crippen molar-refractivity contribution in [1.29, 1.82) is 0 Å². The minimum Gasteiger partial charge on any atom is -0.299 e. The van der Waals surface area contributed by atoms with Gasteiger partial charge in [-0.1, -0.05) is 0 Å². The fourth-order valence-electron chi connectivity index (χ4n) is 1.13. The van der Waals surface area contributed by atoms with E-state index >= 15 is 0 Å². The molecule has 0 saturated carbocycles. The van der Waals surface area contributed by atoms with Crippen LogP contribution in [0.15, 0.2) is 10.9 Å². The lowest BCUT2D eigenvalue weighted by molar-refractivity contribution is 0.754. The average Bonchev–Trinajstić information content (AvgIpc) is 2.71. The van der Waals surface area contributed by atoms with Crippen molar-refractivity contribution in [3.63, 3.8) is 0 Å². The summed E-state index contributed by atoms with van der Waals surface area (Å²) in [5, 5.41) is 8.83. The zero-order valence-electron chi connectivity index (χ0n) is 7.02. The molecule has 0 aliphatic carbocycles. The molecule has 2 heterocycles. The van der Waals surface area contributed by atoms with Gasteiger partial charge in [0.05, 0.1) is 5.51 Å². The van der Waals surface area contributed by atoms with Crippen LogP contribution >= 0.6 is 23.6 Å². The largest absolute Gasteiger partial charge is 0.299 e. The van der Waals surface area contributed by atoms with Gasteiger partial charge in [0.1, 0.15) is 5.69 Å². The summed E-state index contributed by atoms with van der Waals surface area (Å²) in [5.74, 6) is 0.814. The third-order valence-corrected chi connectivity index (χ3v) is 2.63. The van der Waals surface area contributed by atoms with Crippen molar-refractivity contribution < 1.29 is 0 Å². The van der Waals surface area contributed by atoms with Crippen LogP contribution in [0.1, 0.15) is 6.92 Å². The first-order valence-electron chi connectivity index (χ1n) is 3.86. The highest BCUT2D eigenvalue weighted by Crippen LogP contribution is 2.16. The molecule has 0 amide bonds. The van der Waals surface area contributed by atoms with Gasteiger partial charge in [-0.3, -0.25) is 9.67 Å². The predicted molar refractivity (Wildman–Crippen MR) is 54.2 cm³/mol. The summed E-state index contributed by atoms with van der Waals surface area (Å²) in [6, 6.07) is 0. The Morgan fingerprint density at radius 1 is 1.69 bits per heavy atom. The molecular weight excluding hydrogens is 204 g/mol. The molecule has 68 valence electrons. The maximum absolute atomic E-state index is 5.07. The average molecular weight is 212 g/mol. The number of hydrogen-bond donors (Lipinski definition) is 1. The van der Waals surface area contributed by atoms with E-state index in [1.807, 2.05) is 16.9 Å². The topological polar surface area (TPSA) is 46.5 Å². The number of thiazole rings is 1. The molecule has 6 heteroatoms. The molecule has 0 aliphatic rings. The second kappa shape index (κ2) is 3.39. The van der Waals surface area contributed by atoms with Crippen LogP contribution in [0.2, 0.25) is 0 Å². The monoisotopic (exact) mass is 212 g/mol. The molecule has 2 aromatic rings. The van der Waals surface area contributed by atoms with E-state index in [1.54, 1.807) is 16.8 Å². The van der Waals surface area contributed by atoms with Crippen LogP contribution in [0.4, 0.5) is 0 Å². The van der Waals surface area contributed by atoms with Crippen molar-refractivity contribution in [2.75, 3.05) is 0 Å². The Morgan fingerprint density at radius 3 is 3.15 bits per heavy atom. The van der Waals surface area contributed by atoms with Gasteiger partial charge < -0.3 is 0 Å². The molecule has 0 saturated heterocycles. The second-order valence-electron chi connectivity index (χ2n) is 2.47. The first-order chi connectivity index (χ1) is 6.33. The maximum atomic E-state index is 5.07. The van der Waals surface area contributed by atoms with Crippen LogP contribution in [0, 0.1) is 4.77 Å². The van der Waals surface area contributed by atoms with E-state index in [0.717, 1.165) is 18.1 Å². The molecule has 0 fully saturated rings. The third kappa shape index (κ3) is 1.42. The number of nitrogens with one attached hydrogen (secondary N) is 1. The Kier molecular flexibility index (Phi) is 2.24. The van der Waals surface area contributed by atoms with E-state index in [4.69, 9.17) is 12.2 Å². The first-order valence-corrected chi connectivity index (χ1v) is 5.21. The Hall–Kier alpha value is -1.01. The van der Waals surface area contributed by atoms with Crippen molar-refractivity contribution in [3.8, 4) is 11.5 Å². The second-order valence-corrected chi connectivity index (χ2v) is 3.58. The Morgan fingerprint density at radius 2 is 2.54 bits per heavy atom. The van der Waals surface area contributed by atoms with Crippen LogP contribution in [-0.4, -0.2) is 19.7 Å². The van der Waals surface area contributed by atoms with Crippen LogP contribution in [0.3, 0.4) is 0 Å². The zero-order valence-corrected chi connectivity index (χ0v) is 8.65. The Bertz CT molecular complexity index is 439. The summed E-state index contributed by atoms with van der Waals surface area (Å²) in [6.45, 7) is 2.84. The molecule has 2 aromatic heterocycles. The molecule has 4 nitrogen and oxygen atoms in total. The Balaban J connectivity index is 2.58. The van der Waals surface area contributed by atoms with Gasteiger partial charge in [0.2, 0.25) is 0 Å². The highest BCUT2D eigenvalue weighted by molar-refractivity contribution is 7.71. The SMILES string of the molecule is CCn1c(-c2cscn2)n[nH]c1=S. The molecule has 0 spiro atoms. The van der Waals surface area contributed by atoms with Crippen molar-refractivity contribution in [2.45, 2.75) is 13.5 Å².